The summed E-state index contributed by atoms with van der Waals surface area (Å²) in [7, 11) is 0. The van der Waals surface area contributed by atoms with Crippen LogP contribution in [0.25, 0.3) is 5.69 Å². The summed E-state index contributed by atoms with van der Waals surface area (Å²) in [5.41, 5.74) is 2.21. The lowest BCUT2D eigenvalue weighted by Crippen LogP contribution is -2.22. The van der Waals surface area contributed by atoms with Gasteiger partial charge in [-0.1, -0.05) is 12.1 Å². The molecule has 0 saturated carbocycles. The monoisotopic (exact) mass is 295 g/mol. The van der Waals surface area contributed by atoms with Gasteiger partial charge in [-0.2, -0.15) is 0 Å². The van der Waals surface area contributed by atoms with Gasteiger partial charge in [0.2, 0.25) is 0 Å². The molecular formula is C17H14FN3O. The van der Waals surface area contributed by atoms with Crippen LogP contribution in [0, 0.1) is 5.82 Å². The zero-order valence-electron chi connectivity index (χ0n) is 11.7. The molecule has 0 fully saturated rings. The Bertz CT molecular complexity index is 767. The van der Waals surface area contributed by atoms with Crippen LogP contribution in [0.2, 0.25) is 0 Å². The topological polar surface area (TPSA) is 46.9 Å². The molecule has 0 aliphatic rings. The molecule has 1 amide bonds. The van der Waals surface area contributed by atoms with Crippen LogP contribution in [0.1, 0.15) is 15.9 Å². The van der Waals surface area contributed by atoms with E-state index in [1.54, 1.807) is 36.8 Å². The van der Waals surface area contributed by atoms with E-state index in [2.05, 4.69) is 10.3 Å². The molecule has 5 heteroatoms. The van der Waals surface area contributed by atoms with Crippen LogP contribution in [-0.4, -0.2) is 15.5 Å². The SMILES string of the molecule is O=C(NCc1cccc(F)c1)c1ccc(-n2ccnc2)cc1. The summed E-state index contributed by atoms with van der Waals surface area (Å²) in [5.74, 6) is -0.502. The van der Waals surface area contributed by atoms with E-state index < -0.39 is 0 Å². The lowest BCUT2D eigenvalue weighted by atomic mass is 10.1. The van der Waals surface area contributed by atoms with Gasteiger partial charge in [-0.25, -0.2) is 9.37 Å². The van der Waals surface area contributed by atoms with Crippen molar-refractivity contribution in [2.75, 3.05) is 0 Å². The normalized spacial score (nSPS) is 10.4. The first-order chi connectivity index (χ1) is 10.7. The van der Waals surface area contributed by atoms with Crippen LogP contribution in [0.15, 0.2) is 67.3 Å². The van der Waals surface area contributed by atoms with Crippen molar-refractivity contribution in [3.8, 4) is 5.69 Å². The molecule has 0 aliphatic heterocycles. The van der Waals surface area contributed by atoms with E-state index >= 15 is 0 Å². The lowest BCUT2D eigenvalue weighted by molar-refractivity contribution is 0.0951. The van der Waals surface area contributed by atoms with Gasteiger partial charge in [-0.15, -0.1) is 0 Å². The van der Waals surface area contributed by atoms with Gasteiger partial charge in [-0.05, 0) is 42.0 Å². The number of carbonyl (C=O) groups excluding carboxylic acids is 1. The number of benzene rings is 2. The van der Waals surface area contributed by atoms with Crippen molar-refractivity contribution in [1.82, 2.24) is 14.9 Å². The molecule has 4 nitrogen and oxygen atoms in total. The molecule has 0 radical (unpaired) electrons. The van der Waals surface area contributed by atoms with Gasteiger partial charge in [0, 0.05) is 30.2 Å². The van der Waals surface area contributed by atoms with E-state index in [9.17, 15) is 9.18 Å². The van der Waals surface area contributed by atoms with Crippen molar-refractivity contribution in [2.45, 2.75) is 6.54 Å². The number of halogens is 1. The third-order valence-corrected chi connectivity index (χ3v) is 3.27. The van der Waals surface area contributed by atoms with Gasteiger partial charge in [0.1, 0.15) is 5.82 Å². The maximum atomic E-state index is 13.1. The molecule has 0 spiro atoms. The van der Waals surface area contributed by atoms with Gasteiger partial charge in [-0.3, -0.25) is 4.79 Å². The van der Waals surface area contributed by atoms with Crippen LogP contribution in [-0.2, 0) is 6.54 Å². The Morgan fingerprint density at radius 1 is 1.18 bits per heavy atom. The smallest absolute Gasteiger partial charge is 0.251 e. The van der Waals surface area contributed by atoms with Gasteiger partial charge in [0.05, 0.1) is 6.33 Å². The molecule has 0 atom stereocenters. The summed E-state index contributed by atoms with van der Waals surface area (Å²) in [6.45, 7) is 0.292. The van der Waals surface area contributed by atoms with E-state index in [1.165, 1.54) is 12.1 Å². The fourth-order valence-electron chi connectivity index (χ4n) is 2.13. The summed E-state index contributed by atoms with van der Waals surface area (Å²) in [5, 5.41) is 2.77. The van der Waals surface area contributed by atoms with Crippen molar-refractivity contribution in [2.24, 2.45) is 0 Å². The highest BCUT2D eigenvalue weighted by atomic mass is 19.1. The number of carbonyl (C=O) groups is 1. The Kier molecular flexibility index (Phi) is 3.96. The molecule has 0 unspecified atom stereocenters. The third-order valence-electron chi connectivity index (χ3n) is 3.27. The molecule has 1 aromatic heterocycles. The predicted molar refractivity (Wildman–Crippen MR) is 81.1 cm³/mol. The third kappa shape index (κ3) is 3.20. The van der Waals surface area contributed by atoms with E-state index in [0.29, 0.717) is 12.1 Å². The van der Waals surface area contributed by atoms with Crippen molar-refractivity contribution >= 4 is 5.91 Å². The summed E-state index contributed by atoms with van der Waals surface area (Å²) >= 11 is 0. The van der Waals surface area contributed by atoms with Crippen molar-refractivity contribution in [3.63, 3.8) is 0 Å². The van der Waals surface area contributed by atoms with E-state index in [-0.39, 0.29) is 11.7 Å². The highest BCUT2D eigenvalue weighted by molar-refractivity contribution is 5.94. The Labute approximate surface area is 127 Å². The molecular weight excluding hydrogens is 281 g/mol. The second-order valence-corrected chi connectivity index (χ2v) is 4.83. The molecule has 3 rings (SSSR count). The number of aromatic nitrogens is 2. The zero-order valence-corrected chi connectivity index (χ0v) is 11.7. The van der Waals surface area contributed by atoms with E-state index in [4.69, 9.17) is 0 Å². The Hall–Kier alpha value is -2.95. The maximum Gasteiger partial charge on any atom is 0.251 e. The Morgan fingerprint density at radius 3 is 2.68 bits per heavy atom. The van der Waals surface area contributed by atoms with Crippen LogP contribution < -0.4 is 5.32 Å². The molecule has 0 saturated heterocycles. The Morgan fingerprint density at radius 2 is 2.00 bits per heavy atom. The second-order valence-electron chi connectivity index (χ2n) is 4.83. The van der Waals surface area contributed by atoms with Crippen molar-refractivity contribution < 1.29 is 9.18 Å². The minimum atomic E-state index is -0.309. The molecule has 2 aromatic carbocycles. The summed E-state index contributed by atoms with van der Waals surface area (Å²) < 4.78 is 14.9. The van der Waals surface area contributed by atoms with Gasteiger partial charge >= 0.3 is 0 Å². The Balaban J connectivity index is 1.65. The highest BCUT2D eigenvalue weighted by Gasteiger charge is 2.06. The maximum absolute atomic E-state index is 13.1. The average Bonchev–Trinajstić information content (AvgIpc) is 3.07. The summed E-state index contributed by atoms with van der Waals surface area (Å²) in [4.78, 5) is 16.1. The minimum absolute atomic E-state index is 0.193. The van der Waals surface area contributed by atoms with Crippen LogP contribution in [0.4, 0.5) is 4.39 Å². The van der Waals surface area contributed by atoms with Crippen LogP contribution in [0.3, 0.4) is 0 Å². The molecule has 0 bridgehead atoms. The standard InChI is InChI=1S/C17H14FN3O/c18-15-3-1-2-13(10-15)11-20-17(22)14-4-6-16(7-5-14)21-9-8-19-12-21/h1-10,12H,11H2,(H,20,22). The second kappa shape index (κ2) is 6.22. The van der Waals surface area contributed by atoms with Gasteiger partial charge < -0.3 is 9.88 Å². The van der Waals surface area contributed by atoms with Crippen molar-refractivity contribution in [3.05, 3.63) is 84.2 Å². The van der Waals surface area contributed by atoms with Crippen molar-refractivity contribution in [1.29, 1.82) is 0 Å². The molecule has 0 aliphatic carbocycles. The number of nitrogens with one attached hydrogen (secondary N) is 1. The summed E-state index contributed by atoms with van der Waals surface area (Å²) in [6.07, 6.45) is 5.22. The number of rotatable bonds is 4. The van der Waals surface area contributed by atoms with Gasteiger partial charge in [0.25, 0.3) is 5.91 Å². The largest absolute Gasteiger partial charge is 0.348 e. The number of hydrogen-bond donors (Lipinski definition) is 1. The van der Waals surface area contributed by atoms with Crippen LogP contribution in [0.5, 0.6) is 0 Å². The zero-order chi connectivity index (χ0) is 15.4. The lowest BCUT2D eigenvalue weighted by Gasteiger charge is -2.07. The number of amides is 1. The number of nitrogens with zero attached hydrogens (tertiary/aromatic N) is 2. The first-order valence-electron chi connectivity index (χ1n) is 6.83. The first-order valence-corrected chi connectivity index (χ1v) is 6.83. The first kappa shape index (κ1) is 14.0. The van der Waals surface area contributed by atoms with E-state index in [1.807, 2.05) is 22.9 Å². The predicted octanol–water partition coefficient (Wildman–Crippen LogP) is 2.94. The molecule has 1 heterocycles. The van der Waals surface area contributed by atoms with Gasteiger partial charge in [0.15, 0.2) is 0 Å². The number of hydrogen-bond acceptors (Lipinski definition) is 2. The molecule has 3 aromatic rings. The molecule has 110 valence electrons. The van der Waals surface area contributed by atoms with E-state index in [0.717, 1.165) is 11.3 Å². The fourth-order valence-corrected chi connectivity index (χ4v) is 2.13. The molecule has 1 N–H and O–H groups in total. The average molecular weight is 295 g/mol. The number of imidazole rings is 1. The van der Waals surface area contributed by atoms with Crippen LogP contribution >= 0.6 is 0 Å². The molecule has 22 heavy (non-hydrogen) atoms. The minimum Gasteiger partial charge on any atom is -0.348 e. The fraction of sp³-hybridized carbons (Fsp3) is 0.0588. The summed E-state index contributed by atoms with van der Waals surface area (Å²) in [6, 6.07) is 13.4. The highest BCUT2D eigenvalue weighted by Crippen LogP contribution is 2.10. The quantitative estimate of drug-likeness (QED) is 0.804.